The highest BCUT2D eigenvalue weighted by Gasteiger charge is 2.33. The minimum Gasteiger partial charge on any atom is -0.462 e. The molecule has 0 atom stereocenters. The van der Waals surface area contributed by atoms with Crippen molar-refractivity contribution in [2.24, 2.45) is 0 Å². The van der Waals surface area contributed by atoms with E-state index in [2.05, 4.69) is 0 Å². The van der Waals surface area contributed by atoms with E-state index >= 15 is 0 Å². The molecule has 7 aromatic carbocycles. The van der Waals surface area contributed by atoms with Gasteiger partial charge in [-0.3, -0.25) is 0 Å². The molecule has 0 spiro atoms. The van der Waals surface area contributed by atoms with Crippen molar-refractivity contribution in [3.05, 3.63) is 70.8 Å². The normalized spacial score (nSPS) is 11.9. The molecule has 0 aliphatic carbocycles. The number of benzene rings is 7. The fraction of sp³-hybridized carbons (Fsp3) is 0.222. The molecule has 8 nitrogen and oxygen atoms in total. The van der Waals surface area contributed by atoms with Crippen LogP contribution in [0, 0.1) is 0 Å². The Kier molecular flexibility index (Phi) is 6.39. The third kappa shape index (κ3) is 3.57. The van der Waals surface area contributed by atoms with Gasteiger partial charge < -0.3 is 18.9 Å². The minimum atomic E-state index is -0.627. The largest absolute Gasteiger partial charge is 0.462 e. The molecule has 44 heavy (non-hydrogen) atoms. The van der Waals surface area contributed by atoms with E-state index < -0.39 is 23.9 Å². The van der Waals surface area contributed by atoms with Gasteiger partial charge in [0.05, 0.1) is 48.7 Å². The summed E-state index contributed by atoms with van der Waals surface area (Å²) >= 11 is 0. The Labute approximate surface area is 251 Å². The summed E-state index contributed by atoms with van der Waals surface area (Å²) in [6, 6.07) is 14.9. The molecular formula is C36H28O8. The molecule has 0 aliphatic heterocycles. The highest BCUT2D eigenvalue weighted by molar-refractivity contribution is 6.48. The number of hydrogen-bond donors (Lipinski definition) is 0. The summed E-state index contributed by atoms with van der Waals surface area (Å²) in [4.78, 5) is 54.5. The zero-order valence-corrected chi connectivity index (χ0v) is 24.7. The van der Waals surface area contributed by atoms with Crippen LogP contribution in [0.25, 0.3) is 64.6 Å². The molecule has 7 aromatic rings. The van der Waals surface area contributed by atoms with Crippen LogP contribution in [0.5, 0.6) is 0 Å². The van der Waals surface area contributed by atoms with Crippen molar-refractivity contribution < 1.29 is 38.1 Å². The summed E-state index contributed by atoms with van der Waals surface area (Å²) in [5.74, 6) is -2.51. The van der Waals surface area contributed by atoms with Gasteiger partial charge in [-0.1, -0.05) is 48.5 Å². The quantitative estimate of drug-likeness (QED) is 0.0772. The molecule has 0 saturated heterocycles. The van der Waals surface area contributed by atoms with E-state index in [1.165, 1.54) is 0 Å². The number of ether oxygens (including phenoxy) is 4. The molecular weight excluding hydrogens is 560 g/mol. The first-order chi connectivity index (χ1) is 21.4. The molecule has 0 fully saturated rings. The van der Waals surface area contributed by atoms with Crippen LogP contribution in [0.3, 0.4) is 0 Å². The van der Waals surface area contributed by atoms with Gasteiger partial charge >= 0.3 is 23.9 Å². The summed E-state index contributed by atoms with van der Waals surface area (Å²) in [6.45, 7) is 7.35. The van der Waals surface area contributed by atoms with Crippen LogP contribution in [-0.2, 0) is 18.9 Å². The van der Waals surface area contributed by atoms with E-state index in [0.29, 0.717) is 21.5 Å². The van der Waals surface area contributed by atoms with E-state index in [-0.39, 0.29) is 48.7 Å². The molecule has 220 valence electrons. The molecule has 0 radical (unpaired) electrons. The van der Waals surface area contributed by atoms with E-state index in [4.69, 9.17) is 18.9 Å². The molecule has 0 saturated carbocycles. The number of carbonyl (C=O) groups is 4. The zero-order valence-electron chi connectivity index (χ0n) is 24.7. The van der Waals surface area contributed by atoms with Crippen molar-refractivity contribution in [2.45, 2.75) is 27.7 Å². The second-order valence-corrected chi connectivity index (χ2v) is 10.5. The summed E-state index contributed by atoms with van der Waals surface area (Å²) in [5.41, 5.74) is 0.539. The molecule has 0 amide bonds. The molecule has 0 bridgehead atoms. The third-order valence-electron chi connectivity index (χ3n) is 8.37. The Morgan fingerprint density at radius 1 is 0.386 bits per heavy atom. The number of hydrogen-bond acceptors (Lipinski definition) is 8. The molecule has 0 aliphatic rings. The van der Waals surface area contributed by atoms with Crippen LogP contribution in [0.4, 0.5) is 0 Å². The third-order valence-corrected chi connectivity index (χ3v) is 8.37. The lowest BCUT2D eigenvalue weighted by molar-refractivity contribution is 0.0482. The summed E-state index contributed by atoms with van der Waals surface area (Å²) < 4.78 is 22.0. The monoisotopic (exact) mass is 588 g/mol. The van der Waals surface area contributed by atoms with E-state index in [9.17, 15) is 19.2 Å². The van der Waals surface area contributed by atoms with Gasteiger partial charge in [0.1, 0.15) is 0 Å². The van der Waals surface area contributed by atoms with Crippen LogP contribution in [0.2, 0.25) is 0 Å². The first-order valence-corrected chi connectivity index (χ1v) is 14.8. The lowest BCUT2D eigenvalue weighted by Gasteiger charge is -2.25. The first-order valence-electron chi connectivity index (χ1n) is 14.8. The van der Waals surface area contributed by atoms with Gasteiger partial charge in [0, 0.05) is 0 Å². The second kappa shape index (κ2) is 10.2. The Balaban J connectivity index is 1.82. The lowest BCUT2D eigenvalue weighted by atomic mass is 9.78. The smallest absolute Gasteiger partial charge is 0.339 e. The minimum absolute atomic E-state index is 0.124. The van der Waals surface area contributed by atoms with Gasteiger partial charge in [-0.05, 0) is 92.3 Å². The van der Waals surface area contributed by atoms with E-state index in [1.807, 2.05) is 48.5 Å². The fourth-order valence-corrected chi connectivity index (χ4v) is 6.91. The number of esters is 4. The van der Waals surface area contributed by atoms with Crippen LogP contribution in [-0.4, -0.2) is 50.3 Å². The van der Waals surface area contributed by atoms with Gasteiger partial charge in [-0.25, -0.2) is 19.2 Å². The van der Waals surface area contributed by atoms with Gasteiger partial charge in [0.15, 0.2) is 0 Å². The van der Waals surface area contributed by atoms with E-state index in [0.717, 1.165) is 43.1 Å². The second-order valence-electron chi connectivity index (χ2n) is 10.5. The van der Waals surface area contributed by atoms with Crippen molar-refractivity contribution >= 4 is 88.5 Å². The average molecular weight is 589 g/mol. The van der Waals surface area contributed by atoms with Crippen LogP contribution >= 0.6 is 0 Å². The molecule has 0 N–H and O–H groups in total. The highest BCUT2D eigenvalue weighted by atomic mass is 16.5. The molecule has 8 heteroatoms. The molecule has 0 aromatic heterocycles. The van der Waals surface area contributed by atoms with Gasteiger partial charge in [-0.2, -0.15) is 0 Å². The maximum absolute atomic E-state index is 13.6. The van der Waals surface area contributed by atoms with Crippen molar-refractivity contribution in [2.75, 3.05) is 26.4 Å². The SMILES string of the molecule is CCOC(=O)c1c(C(=O)OCC)c2ccc3ccc4c(C(=O)OCC)c(C(=O)OCC)c5ccc6ccc1c1c6c5c4c3c21. The topological polar surface area (TPSA) is 105 Å². The van der Waals surface area contributed by atoms with E-state index in [1.54, 1.807) is 27.7 Å². The number of carbonyl (C=O) groups excluding carboxylic acids is 4. The van der Waals surface area contributed by atoms with Crippen molar-refractivity contribution in [1.82, 2.24) is 0 Å². The molecule has 0 unspecified atom stereocenters. The number of rotatable bonds is 8. The Bertz CT molecular complexity index is 1980. The van der Waals surface area contributed by atoms with Gasteiger partial charge in [0.25, 0.3) is 0 Å². The molecule has 0 heterocycles. The first kappa shape index (κ1) is 27.6. The zero-order chi connectivity index (χ0) is 30.9. The fourth-order valence-electron chi connectivity index (χ4n) is 6.91. The summed E-state index contributed by atoms with van der Waals surface area (Å²) in [6.07, 6.45) is 0. The average Bonchev–Trinajstić information content (AvgIpc) is 3.02. The Hall–Kier alpha value is -5.24. The molecule has 7 rings (SSSR count). The van der Waals surface area contributed by atoms with Gasteiger partial charge in [0.2, 0.25) is 0 Å². The lowest BCUT2D eigenvalue weighted by Crippen LogP contribution is -2.17. The van der Waals surface area contributed by atoms with Crippen molar-refractivity contribution in [3.8, 4) is 0 Å². The van der Waals surface area contributed by atoms with Crippen LogP contribution in [0.1, 0.15) is 69.1 Å². The highest BCUT2D eigenvalue weighted by Crippen LogP contribution is 2.51. The summed E-state index contributed by atoms with van der Waals surface area (Å²) in [5, 5.41) is 8.60. The predicted octanol–water partition coefficient (Wildman–Crippen LogP) is 7.63. The van der Waals surface area contributed by atoms with Crippen LogP contribution < -0.4 is 0 Å². The maximum Gasteiger partial charge on any atom is 0.339 e. The van der Waals surface area contributed by atoms with Gasteiger partial charge in [-0.15, -0.1) is 0 Å². The predicted molar refractivity (Wildman–Crippen MR) is 169 cm³/mol. The summed E-state index contributed by atoms with van der Waals surface area (Å²) in [7, 11) is 0. The Morgan fingerprint density at radius 2 is 0.614 bits per heavy atom. The Morgan fingerprint density at radius 3 is 0.818 bits per heavy atom. The maximum atomic E-state index is 13.6. The van der Waals surface area contributed by atoms with Crippen molar-refractivity contribution in [3.63, 3.8) is 0 Å². The van der Waals surface area contributed by atoms with Crippen LogP contribution in [0.15, 0.2) is 48.5 Å². The van der Waals surface area contributed by atoms with Crippen molar-refractivity contribution in [1.29, 1.82) is 0 Å². The standard InChI is InChI=1S/C36H28O8/c1-5-41-33(37)29-19-13-9-17-11-15-21-27-23(17)25(19)26-20(30(29)34(38)42-6-2)14-10-18-12-16-22(28(27)24(18)26)32(36(40)44-8-4)31(21)35(39)43-7-3/h9-16H,5-8H2,1-4H3.